The number of benzene rings is 2. The minimum atomic E-state index is -3.39. The van der Waals surface area contributed by atoms with Gasteiger partial charge in [-0.3, -0.25) is 14.3 Å². The number of nitrogens with one attached hydrogen (secondary N) is 3. The summed E-state index contributed by atoms with van der Waals surface area (Å²) in [5, 5.41) is 5.81. The van der Waals surface area contributed by atoms with Crippen molar-refractivity contribution < 1.29 is 18.0 Å². The Morgan fingerprint density at radius 3 is 2.38 bits per heavy atom. The van der Waals surface area contributed by atoms with E-state index in [0.717, 1.165) is 6.26 Å². The van der Waals surface area contributed by atoms with Crippen LogP contribution in [0.4, 0.5) is 5.69 Å². The van der Waals surface area contributed by atoms with Gasteiger partial charge >= 0.3 is 0 Å². The summed E-state index contributed by atoms with van der Waals surface area (Å²) in [5.41, 5.74) is 1.42. The first-order valence-corrected chi connectivity index (χ1v) is 11.2. The zero-order chi connectivity index (χ0) is 21.6. The van der Waals surface area contributed by atoms with Crippen LogP contribution in [0.25, 0.3) is 0 Å². The molecule has 0 spiro atoms. The van der Waals surface area contributed by atoms with Gasteiger partial charge in [0.1, 0.15) is 6.04 Å². The van der Waals surface area contributed by atoms with Gasteiger partial charge < -0.3 is 10.6 Å². The lowest BCUT2D eigenvalue weighted by molar-refractivity contribution is -0.124. The van der Waals surface area contributed by atoms with Crippen LogP contribution in [0.3, 0.4) is 0 Å². The normalized spacial score (nSPS) is 12.3. The van der Waals surface area contributed by atoms with Crippen molar-refractivity contribution in [2.75, 3.05) is 11.0 Å². The van der Waals surface area contributed by atoms with Crippen LogP contribution >= 0.6 is 11.6 Å². The summed E-state index contributed by atoms with van der Waals surface area (Å²) >= 11 is 6.05. The molecule has 0 aromatic heterocycles. The van der Waals surface area contributed by atoms with E-state index in [0.29, 0.717) is 21.8 Å². The number of sulfonamides is 1. The van der Waals surface area contributed by atoms with Gasteiger partial charge in [0.2, 0.25) is 15.9 Å². The number of carbonyl (C=O) groups is 2. The summed E-state index contributed by atoms with van der Waals surface area (Å²) in [6.07, 6.45) is 1.07. The fourth-order valence-electron chi connectivity index (χ4n) is 2.66. The Morgan fingerprint density at radius 2 is 1.76 bits per heavy atom. The van der Waals surface area contributed by atoms with Gasteiger partial charge in [-0.2, -0.15) is 0 Å². The predicted molar refractivity (Wildman–Crippen MR) is 114 cm³/mol. The number of halogens is 1. The van der Waals surface area contributed by atoms with Crippen molar-refractivity contribution in [2.24, 2.45) is 5.92 Å². The molecule has 0 aliphatic heterocycles. The van der Waals surface area contributed by atoms with Gasteiger partial charge in [-0.1, -0.05) is 49.7 Å². The highest BCUT2D eigenvalue weighted by Gasteiger charge is 2.25. The van der Waals surface area contributed by atoms with Crippen molar-refractivity contribution in [1.29, 1.82) is 0 Å². The molecule has 0 unspecified atom stereocenters. The average molecular weight is 438 g/mol. The number of amides is 2. The fraction of sp³-hybridized carbons (Fsp3) is 0.300. The van der Waals surface area contributed by atoms with Gasteiger partial charge in [-0.15, -0.1) is 0 Å². The van der Waals surface area contributed by atoms with Crippen LogP contribution in [0.15, 0.2) is 48.5 Å². The highest BCUT2D eigenvalue weighted by molar-refractivity contribution is 7.92. The van der Waals surface area contributed by atoms with Crippen molar-refractivity contribution in [3.8, 4) is 0 Å². The molecule has 0 saturated carbocycles. The molecular formula is C20H24ClN3O4S. The molecule has 156 valence electrons. The van der Waals surface area contributed by atoms with Crippen LogP contribution in [0.5, 0.6) is 0 Å². The van der Waals surface area contributed by atoms with E-state index in [4.69, 9.17) is 11.6 Å². The second-order valence-corrected chi connectivity index (χ2v) is 9.12. The van der Waals surface area contributed by atoms with Crippen LogP contribution in [0, 0.1) is 5.92 Å². The largest absolute Gasteiger partial charge is 0.350 e. The quantitative estimate of drug-likeness (QED) is 0.590. The van der Waals surface area contributed by atoms with Crippen LogP contribution in [-0.2, 0) is 21.4 Å². The van der Waals surface area contributed by atoms with E-state index in [1.54, 1.807) is 48.5 Å². The van der Waals surface area contributed by atoms with Crippen LogP contribution in [0.2, 0.25) is 5.02 Å². The lowest BCUT2D eigenvalue weighted by Crippen LogP contribution is -2.49. The molecule has 3 N–H and O–H groups in total. The van der Waals surface area contributed by atoms with E-state index >= 15 is 0 Å². The maximum atomic E-state index is 12.7. The Labute approximate surface area is 175 Å². The molecule has 0 heterocycles. The molecule has 0 aliphatic rings. The Kier molecular flexibility index (Phi) is 7.64. The fourth-order valence-corrected chi connectivity index (χ4v) is 3.43. The van der Waals surface area contributed by atoms with Crippen LogP contribution in [-0.4, -0.2) is 32.5 Å². The summed E-state index contributed by atoms with van der Waals surface area (Å²) in [5.74, 6) is -0.926. The Balaban J connectivity index is 2.04. The SMILES string of the molecule is CC(C)[C@@H](NC(=O)c1ccccc1Cl)C(=O)NCc1cccc(NS(C)(=O)=O)c1. The summed E-state index contributed by atoms with van der Waals surface area (Å²) < 4.78 is 25.1. The van der Waals surface area contributed by atoms with Gasteiger partial charge in [-0.05, 0) is 35.7 Å². The van der Waals surface area contributed by atoms with E-state index < -0.39 is 22.0 Å². The third-order valence-electron chi connectivity index (χ3n) is 4.05. The predicted octanol–water partition coefficient (Wildman–Crippen LogP) is 2.78. The number of hydrogen-bond acceptors (Lipinski definition) is 4. The van der Waals surface area contributed by atoms with Gasteiger partial charge in [0.05, 0.1) is 16.8 Å². The highest BCUT2D eigenvalue weighted by Crippen LogP contribution is 2.16. The van der Waals surface area contributed by atoms with E-state index in [2.05, 4.69) is 15.4 Å². The topological polar surface area (TPSA) is 104 Å². The van der Waals surface area contributed by atoms with Crippen molar-refractivity contribution in [3.63, 3.8) is 0 Å². The summed E-state index contributed by atoms with van der Waals surface area (Å²) in [6.45, 7) is 3.84. The lowest BCUT2D eigenvalue weighted by atomic mass is 10.0. The minimum absolute atomic E-state index is 0.153. The third-order valence-corrected chi connectivity index (χ3v) is 4.99. The molecule has 0 fully saturated rings. The number of carbonyl (C=O) groups excluding carboxylic acids is 2. The monoisotopic (exact) mass is 437 g/mol. The van der Waals surface area contributed by atoms with E-state index in [-0.39, 0.29) is 18.4 Å². The lowest BCUT2D eigenvalue weighted by Gasteiger charge is -2.22. The average Bonchev–Trinajstić information content (AvgIpc) is 2.63. The molecule has 0 radical (unpaired) electrons. The molecule has 29 heavy (non-hydrogen) atoms. The zero-order valence-corrected chi connectivity index (χ0v) is 18.0. The van der Waals surface area contributed by atoms with Crippen LogP contribution in [0.1, 0.15) is 29.8 Å². The summed E-state index contributed by atoms with van der Waals surface area (Å²) in [6, 6.07) is 12.6. The molecule has 9 heteroatoms. The Hall–Kier alpha value is -2.58. The maximum absolute atomic E-state index is 12.7. The first-order valence-electron chi connectivity index (χ1n) is 8.96. The van der Waals surface area contributed by atoms with Crippen LogP contribution < -0.4 is 15.4 Å². The van der Waals surface area contributed by atoms with E-state index in [9.17, 15) is 18.0 Å². The minimum Gasteiger partial charge on any atom is -0.350 e. The number of hydrogen-bond donors (Lipinski definition) is 3. The van der Waals surface area contributed by atoms with Crippen molar-refractivity contribution >= 4 is 39.1 Å². The number of rotatable bonds is 8. The second-order valence-electron chi connectivity index (χ2n) is 6.97. The van der Waals surface area contributed by atoms with Crippen molar-refractivity contribution in [2.45, 2.75) is 26.4 Å². The second kappa shape index (κ2) is 9.76. The standard InChI is InChI=1S/C20H24ClN3O4S/c1-13(2)18(23-19(25)16-9-4-5-10-17(16)21)20(26)22-12-14-7-6-8-15(11-14)24-29(3,27)28/h4-11,13,18,24H,12H2,1-3H3,(H,22,26)(H,23,25)/t18-/m1/s1. The van der Waals surface area contributed by atoms with Gasteiger partial charge in [0.25, 0.3) is 5.91 Å². The molecule has 2 rings (SSSR count). The Morgan fingerprint density at radius 1 is 1.07 bits per heavy atom. The van der Waals surface area contributed by atoms with Gasteiger partial charge in [0.15, 0.2) is 0 Å². The van der Waals surface area contributed by atoms with Crippen molar-refractivity contribution in [3.05, 3.63) is 64.7 Å². The summed E-state index contributed by atoms with van der Waals surface area (Å²) in [4.78, 5) is 25.1. The molecule has 0 saturated heterocycles. The smallest absolute Gasteiger partial charge is 0.253 e. The first kappa shape index (κ1) is 22.7. The molecule has 2 aromatic carbocycles. The summed E-state index contributed by atoms with van der Waals surface area (Å²) in [7, 11) is -3.39. The zero-order valence-electron chi connectivity index (χ0n) is 16.4. The van der Waals surface area contributed by atoms with E-state index in [1.165, 1.54) is 0 Å². The van der Waals surface area contributed by atoms with Gasteiger partial charge in [0, 0.05) is 12.2 Å². The molecule has 1 atom stereocenters. The molecule has 7 nitrogen and oxygen atoms in total. The molecular weight excluding hydrogens is 414 g/mol. The van der Waals surface area contributed by atoms with E-state index in [1.807, 2.05) is 13.8 Å². The molecule has 2 aromatic rings. The van der Waals surface area contributed by atoms with Gasteiger partial charge in [-0.25, -0.2) is 8.42 Å². The first-order chi connectivity index (χ1) is 13.6. The molecule has 2 amide bonds. The maximum Gasteiger partial charge on any atom is 0.253 e. The third kappa shape index (κ3) is 7.07. The number of anilines is 1. The Bertz CT molecular complexity index is 993. The highest BCUT2D eigenvalue weighted by atomic mass is 35.5. The van der Waals surface area contributed by atoms with Crippen molar-refractivity contribution in [1.82, 2.24) is 10.6 Å². The molecule has 0 aliphatic carbocycles. The molecule has 0 bridgehead atoms.